The fraction of sp³-hybridized carbons (Fsp3) is 0.625. The smallest absolute Gasteiger partial charge is 0.187 e. The van der Waals surface area contributed by atoms with E-state index in [9.17, 15) is 0 Å². The van der Waals surface area contributed by atoms with Crippen molar-refractivity contribution < 1.29 is 23.7 Å². The lowest BCUT2D eigenvalue weighted by molar-refractivity contribution is -0.314. The predicted octanol–water partition coefficient (Wildman–Crippen LogP) is 2.37. The van der Waals surface area contributed by atoms with E-state index >= 15 is 0 Å². The number of benzene rings is 1. The van der Waals surface area contributed by atoms with Crippen LogP contribution in [0.1, 0.15) is 31.6 Å². The molecule has 0 saturated carbocycles. The molecule has 6 atom stereocenters. The minimum atomic E-state index is -0.322. The summed E-state index contributed by atoms with van der Waals surface area (Å²) in [5, 5.41) is 0. The molecule has 0 amide bonds. The molecular weight excluding hydrogens is 272 g/mol. The molecule has 5 heteroatoms. The first kappa shape index (κ1) is 13.7. The van der Waals surface area contributed by atoms with Crippen LogP contribution in [0.2, 0.25) is 0 Å². The van der Waals surface area contributed by atoms with E-state index in [0.717, 1.165) is 18.4 Å². The standard InChI is InChI=1S/C16H20O5/c1-2-14-18-12-8-11-13(20-16(12)21-14)9-17-15(19-11)10-6-4-3-5-7-10/h3-7,11-16H,2,8-9H2,1H3/t11-,12-,13-,14-,15+,16-/m1/s1. The molecule has 3 heterocycles. The molecule has 1 aromatic rings. The van der Waals surface area contributed by atoms with Crippen molar-refractivity contribution in [2.75, 3.05) is 6.61 Å². The van der Waals surface area contributed by atoms with Crippen LogP contribution >= 0.6 is 0 Å². The summed E-state index contributed by atoms with van der Waals surface area (Å²) in [5.74, 6) is 0. The molecular formula is C16H20O5. The van der Waals surface area contributed by atoms with Crippen LogP contribution in [0.15, 0.2) is 30.3 Å². The minimum Gasteiger partial charge on any atom is -0.346 e. The van der Waals surface area contributed by atoms with Crippen molar-refractivity contribution in [2.24, 2.45) is 0 Å². The Hall–Kier alpha value is -0.980. The summed E-state index contributed by atoms with van der Waals surface area (Å²) in [7, 11) is 0. The van der Waals surface area contributed by atoms with Crippen molar-refractivity contribution >= 4 is 0 Å². The van der Waals surface area contributed by atoms with Crippen LogP contribution in [0, 0.1) is 0 Å². The molecule has 0 spiro atoms. The van der Waals surface area contributed by atoms with E-state index < -0.39 is 0 Å². The van der Waals surface area contributed by atoms with Gasteiger partial charge in [0, 0.05) is 12.0 Å². The summed E-state index contributed by atoms with van der Waals surface area (Å²) in [6.45, 7) is 2.56. The number of rotatable bonds is 2. The highest BCUT2D eigenvalue weighted by Gasteiger charge is 2.48. The zero-order valence-corrected chi connectivity index (χ0v) is 12.0. The Kier molecular flexibility index (Phi) is 3.69. The van der Waals surface area contributed by atoms with Crippen LogP contribution in [0.3, 0.4) is 0 Å². The topological polar surface area (TPSA) is 46.2 Å². The van der Waals surface area contributed by atoms with Crippen LogP contribution in [-0.4, -0.2) is 37.5 Å². The van der Waals surface area contributed by atoms with Gasteiger partial charge >= 0.3 is 0 Å². The van der Waals surface area contributed by atoms with E-state index in [-0.39, 0.29) is 37.2 Å². The Bertz CT molecular complexity index is 479. The molecule has 3 aliphatic rings. The van der Waals surface area contributed by atoms with Gasteiger partial charge in [0.1, 0.15) is 12.2 Å². The lowest BCUT2D eigenvalue weighted by atomic mass is 10.0. The quantitative estimate of drug-likeness (QED) is 0.837. The third-order valence-corrected chi connectivity index (χ3v) is 4.22. The highest BCUT2D eigenvalue weighted by atomic mass is 16.8. The van der Waals surface area contributed by atoms with E-state index in [1.165, 1.54) is 0 Å². The van der Waals surface area contributed by atoms with Gasteiger partial charge in [0.25, 0.3) is 0 Å². The molecule has 0 unspecified atom stereocenters. The summed E-state index contributed by atoms with van der Waals surface area (Å²) in [5.41, 5.74) is 1.04. The Morgan fingerprint density at radius 2 is 1.81 bits per heavy atom. The van der Waals surface area contributed by atoms with Crippen LogP contribution in [0.4, 0.5) is 0 Å². The van der Waals surface area contributed by atoms with Gasteiger partial charge < -0.3 is 23.7 Å². The number of fused-ring (bicyclic) bond motifs is 2. The van der Waals surface area contributed by atoms with Crippen LogP contribution in [0.5, 0.6) is 0 Å². The van der Waals surface area contributed by atoms with E-state index in [1.807, 2.05) is 37.3 Å². The summed E-state index contributed by atoms with van der Waals surface area (Å²) in [6.07, 6.45) is 0.730. The second-order valence-electron chi connectivity index (χ2n) is 5.68. The lowest BCUT2D eigenvalue weighted by Crippen LogP contribution is -2.52. The van der Waals surface area contributed by atoms with Gasteiger partial charge in [0.15, 0.2) is 18.9 Å². The summed E-state index contributed by atoms with van der Waals surface area (Å²) in [4.78, 5) is 0. The zero-order chi connectivity index (χ0) is 14.2. The Balaban J connectivity index is 1.44. The minimum absolute atomic E-state index is 0.00980. The van der Waals surface area contributed by atoms with Gasteiger partial charge in [0.2, 0.25) is 0 Å². The highest BCUT2D eigenvalue weighted by Crippen LogP contribution is 2.38. The summed E-state index contributed by atoms with van der Waals surface area (Å²) in [6, 6.07) is 9.99. The largest absolute Gasteiger partial charge is 0.346 e. The molecule has 0 N–H and O–H groups in total. The molecule has 0 aromatic heterocycles. The lowest BCUT2D eigenvalue weighted by Gasteiger charge is -2.42. The highest BCUT2D eigenvalue weighted by molar-refractivity contribution is 5.16. The average molecular weight is 292 g/mol. The van der Waals surface area contributed by atoms with Gasteiger partial charge in [-0.05, 0) is 6.42 Å². The van der Waals surface area contributed by atoms with Crippen molar-refractivity contribution in [2.45, 2.75) is 56.9 Å². The van der Waals surface area contributed by atoms with Crippen molar-refractivity contribution in [1.82, 2.24) is 0 Å². The molecule has 1 aromatic carbocycles. The maximum absolute atomic E-state index is 6.07. The first-order valence-corrected chi connectivity index (χ1v) is 7.62. The van der Waals surface area contributed by atoms with Crippen LogP contribution < -0.4 is 0 Å². The molecule has 4 rings (SSSR count). The molecule has 0 radical (unpaired) electrons. The van der Waals surface area contributed by atoms with Gasteiger partial charge in [-0.3, -0.25) is 0 Å². The number of hydrogen-bond acceptors (Lipinski definition) is 5. The van der Waals surface area contributed by atoms with Crippen molar-refractivity contribution in [3.05, 3.63) is 35.9 Å². The third-order valence-electron chi connectivity index (χ3n) is 4.22. The van der Waals surface area contributed by atoms with Crippen molar-refractivity contribution in [3.8, 4) is 0 Å². The molecule has 0 bridgehead atoms. The Labute approximate surface area is 124 Å². The van der Waals surface area contributed by atoms with E-state index in [1.54, 1.807) is 0 Å². The summed E-state index contributed by atoms with van der Waals surface area (Å²) < 4.78 is 29.4. The molecule has 3 saturated heterocycles. The second-order valence-corrected chi connectivity index (χ2v) is 5.68. The third kappa shape index (κ3) is 2.60. The van der Waals surface area contributed by atoms with Gasteiger partial charge in [-0.25, -0.2) is 0 Å². The maximum atomic E-state index is 6.07. The second kappa shape index (κ2) is 5.66. The maximum Gasteiger partial charge on any atom is 0.187 e. The molecule has 21 heavy (non-hydrogen) atoms. The molecule has 3 aliphatic heterocycles. The Morgan fingerprint density at radius 3 is 2.62 bits per heavy atom. The predicted molar refractivity (Wildman–Crippen MR) is 73.3 cm³/mol. The fourth-order valence-electron chi connectivity index (χ4n) is 3.10. The molecule has 0 aliphatic carbocycles. The molecule has 3 fully saturated rings. The SMILES string of the molecule is CC[C@H]1O[C@H]2O[C@@H]3CO[C@H](c4ccccc4)O[C@@H]3C[C@H]2O1. The van der Waals surface area contributed by atoms with E-state index in [4.69, 9.17) is 23.7 Å². The van der Waals surface area contributed by atoms with E-state index in [0.29, 0.717) is 6.61 Å². The zero-order valence-electron chi connectivity index (χ0n) is 12.0. The Morgan fingerprint density at radius 1 is 0.952 bits per heavy atom. The number of hydrogen-bond donors (Lipinski definition) is 0. The normalized spacial score (nSPS) is 42.3. The van der Waals surface area contributed by atoms with E-state index in [2.05, 4.69) is 0 Å². The summed E-state index contributed by atoms with van der Waals surface area (Å²) >= 11 is 0. The van der Waals surface area contributed by atoms with Gasteiger partial charge in [-0.15, -0.1) is 0 Å². The van der Waals surface area contributed by atoms with Crippen LogP contribution in [-0.2, 0) is 23.7 Å². The fourth-order valence-corrected chi connectivity index (χ4v) is 3.10. The van der Waals surface area contributed by atoms with Crippen molar-refractivity contribution in [1.29, 1.82) is 0 Å². The first-order valence-electron chi connectivity index (χ1n) is 7.62. The van der Waals surface area contributed by atoms with Crippen molar-refractivity contribution in [3.63, 3.8) is 0 Å². The monoisotopic (exact) mass is 292 g/mol. The average Bonchev–Trinajstić information content (AvgIpc) is 2.95. The molecule has 114 valence electrons. The van der Waals surface area contributed by atoms with Gasteiger partial charge in [-0.2, -0.15) is 0 Å². The molecule has 5 nitrogen and oxygen atoms in total. The van der Waals surface area contributed by atoms with Crippen LogP contribution in [0.25, 0.3) is 0 Å². The van der Waals surface area contributed by atoms with Gasteiger partial charge in [0.05, 0.1) is 12.7 Å². The number of ether oxygens (including phenoxy) is 5. The van der Waals surface area contributed by atoms with Gasteiger partial charge in [-0.1, -0.05) is 37.3 Å². The first-order chi connectivity index (χ1) is 10.3.